The average molecular weight is 865 g/mol. The molecule has 1 aromatic heterocycles. The Morgan fingerprint density at radius 2 is 1.56 bits per heavy atom. The van der Waals surface area contributed by atoms with E-state index in [1.807, 2.05) is 0 Å². The van der Waals surface area contributed by atoms with Crippen molar-refractivity contribution >= 4 is 113 Å². The van der Waals surface area contributed by atoms with Crippen LogP contribution in [0.5, 0.6) is 0 Å². The summed E-state index contributed by atoms with van der Waals surface area (Å²) >= 11 is 24.2. The molecule has 55 heavy (non-hydrogen) atoms. The van der Waals surface area contributed by atoms with Gasteiger partial charge in [0.15, 0.2) is 17.0 Å². The molecule has 4 N–H and O–H groups in total. The molecule has 6 rings (SSSR count). The van der Waals surface area contributed by atoms with E-state index in [1.165, 1.54) is 55.5 Å². The van der Waals surface area contributed by atoms with Gasteiger partial charge in [-0.2, -0.15) is 42.2 Å². The van der Waals surface area contributed by atoms with Crippen LogP contribution in [-0.4, -0.2) is 59.5 Å². The number of azo groups is 1. The standard InChI is InChI=1S/C33H22Cl4N8O8S2/c1-16-28(32(47)45(44-16)25-15-22(54(48,49)50)10-11-23(25)34)43-42-21-4-2-3-19(13-21)31(46)39-24-12-7-18(14-26(24)55(51,52)53)17-5-8-20(9-6-17)38-30-27(35)29(36)40-33(37)41-30/h2-15,28H,1H3,(H,39,46)(H,38,40,41)(H,48,49,50)(H,51,52,53). The van der Waals surface area contributed by atoms with Gasteiger partial charge in [-0.15, -0.1) is 0 Å². The van der Waals surface area contributed by atoms with Gasteiger partial charge in [-0.1, -0.05) is 59.1 Å². The Bertz CT molecular complexity index is 2680. The maximum atomic E-state index is 13.3. The number of benzene rings is 4. The van der Waals surface area contributed by atoms with E-state index in [0.29, 0.717) is 16.8 Å². The van der Waals surface area contributed by atoms with E-state index in [9.17, 15) is 35.5 Å². The van der Waals surface area contributed by atoms with Crippen LogP contribution in [0.3, 0.4) is 0 Å². The van der Waals surface area contributed by atoms with Gasteiger partial charge in [-0.3, -0.25) is 18.7 Å². The number of hydrazone groups is 1. The van der Waals surface area contributed by atoms with Gasteiger partial charge in [0.25, 0.3) is 32.1 Å². The smallest absolute Gasteiger partial charge is 0.296 e. The summed E-state index contributed by atoms with van der Waals surface area (Å²) in [5, 5.41) is 18.4. The number of halogens is 4. The molecule has 22 heteroatoms. The van der Waals surface area contributed by atoms with E-state index in [2.05, 4.69) is 35.9 Å². The Kier molecular flexibility index (Phi) is 11.2. The zero-order chi connectivity index (χ0) is 39.8. The van der Waals surface area contributed by atoms with E-state index in [4.69, 9.17) is 46.4 Å². The maximum absolute atomic E-state index is 13.3. The monoisotopic (exact) mass is 862 g/mol. The molecule has 0 radical (unpaired) electrons. The summed E-state index contributed by atoms with van der Waals surface area (Å²) in [6, 6.07) is 18.3. The van der Waals surface area contributed by atoms with Gasteiger partial charge < -0.3 is 10.6 Å². The van der Waals surface area contributed by atoms with Gasteiger partial charge in [-0.25, -0.2) is 4.98 Å². The number of hydrogen-bond donors (Lipinski definition) is 4. The van der Waals surface area contributed by atoms with E-state index >= 15 is 0 Å². The van der Waals surface area contributed by atoms with Gasteiger partial charge in [0.05, 0.1) is 32.7 Å². The first-order chi connectivity index (χ1) is 25.9. The summed E-state index contributed by atoms with van der Waals surface area (Å²) in [4.78, 5) is 33.2. The van der Waals surface area contributed by atoms with Gasteiger partial charge in [0.1, 0.15) is 9.92 Å². The first-order valence-corrected chi connectivity index (χ1v) is 19.6. The lowest BCUT2D eigenvalue weighted by atomic mass is 10.0. The van der Waals surface area contributed by atoms with Crippen LogP contribution < -0.4 is 15.6 Å². The first kappa shape index (κ1) is 39.6. The van der Waals surface area contributed by atoms with Crippen LogP contribution in [0.25, 0.3) is 11.1 Å². The molecule has 1 aliphatic rings. The van der Waals surface area contributed by atoms with Crippen molar-refractivity contribution in [2.24, 2.45) is 15.3 Å². The zero-order valence-electron chi connectivity index (χ0n) is 27.5. The summed E-state index contributed by atoms with van der Waals surface area (Å²) < 4.78 is 67.6. The maximum Gasteiger partial charge on any atom is 0.296 e. The van der Waals surface area contributed by atoms with Crippen LogP contribution in [0, 0.1) is 0 Å². The molecule has 0 fully saturated rings. The van der Waals surface area contributed by atoms with Crippen LogP contribution in [0.1, 0.15) is 17.3 Å². The number of hydrogen-bond acceptors (Lipinski definition) is 12. The van der Waals surface area contributed by atoms with Gasteiger partial charge in [0.2, 0.25) is 5.28 Å². The van der Waals surface area contributed by atoms with Crippen molar-refractivity contribution in [3.05, 3.63) is 111 Å². The van der Waals surface area contributed by atoms with E-state index < -0.39 is 47.9 Å². The number of rotatable bonds is 10. The molecule has 1 atom stereocenters. The minimum atomic E-state index is -4.84. The highest BCUT2D eigenvalue weighted by Crippen LogP contribution is 2.34. The molecule has 0 spiro atoms. The van der Waals surface area contributed by atoms with Crippen LogP contribution in [0.4, 0.5) is 28.6 Å². The van der Waals surface area contributed by atoms with Crippen molar-refractivity contribution < 1.29 is 35.5 Å². The summed E-state index contributed by atoms with van der Waals surface area (Å²) in [5.74, 6) is -1.32. The molecular weight excluding hydrogens is 842 g/mol. The minimum Gasteiger partial charge on any atom is -0.339 e. The molecule has 1 aliphatic heterocycles. The molecule has 16 nitrogen and oxygen atoms in total. The number of aromatic nitrogens is 2. The quantitative estimate of drug-likeness (QED) is 0.0453. The Labute approximate surface area is 332 Å². The van der Waals surface area contributed by atoms with Gasteiger partial charge >= 0.3 is 0 Å². The summed E-state index contributed by atoms with van der Waals surface area (Å²) in [7, 11) is -9.45. The lowest BCUT2D eigenvalue weighted by Crippen LogP contribution is -2.30. The van der Waals surface area contributed by atoms with Crippen molar-refractivity contribution in [1.82, 2.24) is 9.97 Å². The van der Waals surface area contributed by atoms with Gasteiger partial charge in [-0.05, 0) is 90.3 Å². The second kappa shape index (κ2) is 15.6. The predicted octanol–water partition coefficient (Wildman–Crippen LogP) is 8.12. The third-order valence-corrected chi connectivity index (χ3v) is 10.7. The van der Waals surface area contributed by atoms with E-state index in [-0.39, 0.29) is 54.6 Å². The van der Waals surface area contributed by atoms with Crippen molar-refractivity contribution in [3.8, 4) is 11.1 Å². The highest BCUT2D eigenvalue weighted by Gasteiger charge is 2.36. The highest BCUT2D eigenvalue weighted by atomic mass is 35.5. The second-order valence-electron chi connectivity index (χ2n) is 11.4. The Morgan fingerprint density at radius 1 is 0.855 bits per heavy atom. The van der Waals surface area contributed by atoms with Crippen molar-refractivity contribution in [1.29, 1.82) is 0 Å². The molecule has 2 heterocycles. The molecule has 5 aromatic rings. The van der Waals surface area contributed by atoms with Crippen LogP contribution in [0.15, 0.2) is 110 Å². The molecule has 2 amide bonds. The largest absolute Gasteiger partial charge is 0.339 e. The molecular formula is C33H22Cl4N8O8S2. The fourth-order valence-corrected chi connectivity index (χ4v) is 6.97. The topological polar surface area (TPSA) is 233 Å². The second-order valence-corrected chi connectivity index (χ2v) is 15.7. The molecule has 0 saturated heterocycles. The average Bonchev–Trinajstić information content (AvgIpc) is 3.41. The molecule has 0 aliphatic carbocycles. The third kappa shape index (κ3) is 8.93. The zero-order valence-corrected chi connectivity index (χ0v) is 32.2. The minimum absolute atomic E-state index is 0.0220. The summed E-state index contributed by atoms with van der Waals surface area (Å²) in [6.45, 7) is 1.49. The van der Waals surface area contributed by atoms with Crippen LogP contribution >= 0.6 is 46.4 Å². The lowest BCUT2D eigenvalue weighted by Gasteiger charge is -2.15. The molecule has 0 saturated carbocycles. The molecule has 0 bridgehead atoms. The molecule has 1 unspecified atom stereocenters. The van der Waals surface area contributed by atoms with E-state index in [0.717, 1.165) is 17.1 Å². The number of carbonyl (C=O) groups is 2. The SMILES string of the molecule is CC1=NN(c2cc(S(=O)(=O)O)ccc2Cl)C(=O)C1N=Nc1cccc(C(=O)Nc2ccc(-c3ccc(Nc4nc(Cl)nc(Cl)c4Cl)cc3)cc2S(=O)(=O)O)c1. The normalized spacial score (nSPS) is 14.7. The third-order valence-electron chi connectivity index (χ3n) is 7.71. The van der Waals surface area contributed by atoms with Crippen LogP contribution in [0.2, 0.25) is 20.5 Å². The predicted molar refractivity (Wildman–Crippen MR) is 207 cm³/mol. The number of anilines is 4. The van der Waals surface area contributed by atoms with E-state index in [1.54, 1.807) is 24.3 Å². The summed E-state index contributed by atoms with van der Waals surface area (Å²) in [6.07, 6.45) is 0. The summed E-state index contributed by atoms with van der Waals surface area (Å²) in [5.41, 5.74) is 1.49. The number of amides is 2. The Hall–Kier alpha value is -5.05. The first-order valence-electron chi connectivity index (χ1n) is 15.2. The fourth-order valence-electron chi connectivity index (χ4n) is 5.08. The lowest BCUT2D eigenvalue weighted by molar-refractivity contribution is -0.117. The number of nitrogens with zero attached hydrogens (tertiary/aromatic N) is 6. The molecule has 282 valence electrons. The number of nitrogens with one attached hydrogen (secondary N) is 2. The Balaban J connectivity index is 1.18. The van der Waals surface area contributed by atoms with Crippen molar-refractivity contribution in [2.45, 2.75) is 22.8 Å². The molecule has 4 aromatic carbocycles. The Morgan fingerprint density at radius 3 is 2.25 bits per heavy atom. The van der Waals surface area contributed by atoms with Crippen LogP contribution in [-0.2, 0) is 25.0 Å². The number of carbonyl (C=O) groups excluding carboxylic acids is 2. The van der Waals surface area contributed by atoms with Gasteiger partial charge in [0, 0.05) is 11.3 Å². The van der Waals surface area contributed by atoms with Crippen molar-refractivity contribution in [2.75, 3.05) is 15.6 Å². The van der Waals surface area contributed by atoms with Crippen molar-refractivity contribution in [3.63, 3.8) is 0 Å². The fraction of sp³-hybridized carbons (Fsp3) is 0.0606. The highest BCUT2D eigenvalue weighted by molar-refractivity contribution is 7.86.